The summed E-state index contributed by atoms with van der Waals surface area (Å²) in [4.78, 5) is 0. The standard InChI is InChI=1S/C21H25NO3/c1-4-25-21-13-17(23)12-16(18(21)9-5-14(2)3)8-6-15-7-10-19(22)20(24)11-15/h5-8,10-13,23-24H,4,9,22H2,1-3H3/b8-6+. The summed E-state index contributed by atoms with van der Waals surface area (Å²) in [5.74, 6) is 0.891. The number of nitrogen functional groups attached to an aromatic ring is 1. The van der Waals surface area contributed by atoms with Crippen LogP contribution in [-0.4, -0.2) is 16.8 Å². The molecule has 0 amide bonds. The van der Waals surface area contributed by atoms with Gasteiger partial charge in [-0.05, 0) is 56.5 Å². The van der Waals surface area contributed by atoms with Crippen LogP contribution in [-0.2, 0) is 6.42 Å². The summed E-state index contributed by atoms with van der Waals surface area (Å²) in [6, 6.07) is 8.45. The molecule has 4 N–H and O–H groups in total. The van der Waals surface area contributed by atoms with Crippen molar-refractivity contribution >= 4 is 17.8 Å². The van der Waals surface area contributed by atoms with Crippen molar-refractivity contribution in [2.45, 2.75) is 27.2 Å². The minimum atomic E-state index is 0.0535. The second-order valence-corrected chi connectivity index (χ2v) is 6.08. The molecule has 0 aromatic heterocycles. The van der Waals surface area contributed by atoms with Gasteiger partial charge in [0.05, 0.1) is 12.3 Å². The average molecular weight is 339 g/mol. The molecule has 0 heterocycles. The molecule has 0 radical (unpaired) electrons. The topological polar surface area (TPSA) is 75.7 Å². The Balaban J connectivity index is 2.44. The van der Waals surface area contributed by atoms with Crippen LogP contribution in [0.15, 0.2) is 42.0 Å². The van der Waals surface area contributed by atoms with E-state index in [1.165, 1.54) is 5.57 Å². The quantitative estimate of drug-likeness (QED) is 0.307. The maximum atomic E-state index is 10.0. The van der Waals surface area contributed by atoms with Crippen molar-refractivity contribution in [2.75, 3.05) is 12.3 Å². The molecule has 4 nitrogen and oxygen atoms in total. The molecule has 0 fully saturated rings. The number of phenols is 2. The zero-order valence-electron chi connectivity index (χ0n) is 14.9. The molecule has 0 saturated heterocycles. The highest BCUT2D eigenvalue weighted by Crippen LogP contribution is 2.31. The molecule has 2 rings (SSSR count). The van der Waals surface area contributed by atoms with E-state index in [0.29, 0.717) is 24.5 Å². The number of aromatic hydroxyl groups is 2. The van der Waals surface area contributed by atoms with Crippen molar-refractivity contribution in [1.29, 1.82) is 0 Å². The van der Waals surface area contributed by atoms with Crippen molar-refractivity contribution in [3.05, 3.63) is 58.7 Å². The molecule has 0 spiro atoms. The molecule has 4 heteroatoms. The van der Waals surface area contributed by atoms with Crippen LogP contribution in [0.4, 0.5) is 5.69 Å². The largest absolute Gasteiger partial charge is 0.508 e. The van der Waals surface area contributed by atoms with E-state index in [4.69, 9.17) is 10.5 Å². The van der Waals surface area contributed by atoms with Crippen LogP contribution in [0.1, 0.15) is 37.5 Å². The highest BCUT2D eigenvalue weighted by molar-refractivity contribution is 5.75. The predicted molar refractivity (Wildman–Crippen MR) is 104 cm³/mol. The second-order valence-electron chi connectivity index (χ2n) is 6.08. The molecule has 2 aromatic carbocycles. The molecule has 0 aliphatic carbocycles. The molecule has 0 saturated carbocycles. The molecular weight excluding hydrogens is 314 g/mol. The molecule has 25 heavy (non-hydrogen) atoms. The number of hydrogen-bond acceptors (Lipinski definition) is 4. The van der Waals surface area contributed by atoms with E-state index in [-0.39, 0.29) is 11.5 Å². The molecule has 0 aliphatic rings. The fourth-order valence-corrected chi connectivity index (χ4v) is 2.46. The van der Waals surface area contributed by atoms with Crippen molar-refractivity contribution in [3.8, 4) is 17.2 Å². The van der Waals surface area contributed by atoms with Gasteiger partial charge in [0, 0.05) is 11.6 Å². The third-order valence-corrected chi connectivity index (χ3v) is 3.75. The lowest BCUT2D eigenvalue weighted by atomic mass is 10.00. The van der Waals surface area contributed by atoms with Gasteiger partial charge < -0.3 is 20.7 Å². The van der Waals surface area contributed by atoms with Gasteiger partial charge in [-0.2, -0.15) is 0 Å². The van der Waals surface area contributed by atoms with Crippen molar-refractivity contribution in [1.82, 2.24) is 0 Å². The fraction of sp³-hybridized carbons (Fsp3) is 0.238. The Kier molecular flexibility index (Phi) is 6.12. The molecule has 0 unspecified atom stereocenters. The highest BCUT2D eigenvalue weighted by atomic mass is 16.5. The third kappa shape index (κ3) is 5.05. The van der Waals surface area contributed by atoms with Crippen molar-refractivity contribution < 1.29 is 14.9 Å². The monoisotopic (exact) mass is 339 g/mol. The first-order valence-electron chi connectivity index (χ1n) is 8.29. The van der Waals surface area contributed by atoms with Crippen LogP contribution in [0.3, 0.4) is 0 Å². The Morgan fingerprint density at radius 3 is 2.52 bits per heavy atom. The first-order valence-corrected chi connectivity index (χ1v) is 8.29. The number of hydrogen-bond donors (Lipinski definition) is 3. The van der Waals surface area contributed by atoms with E-state index < -0.39 is 0 Å². The maximum Gasteiger partial charge on any atom is 0.139 e. The average Bonchev–Trinajstić information content (AvgIpc) is 2.55. The summed E-state index contributed by atoms with van der Waals surface area (Å²) in [5.41, 5.74) is 9.90. The molecule has 0 bridgehead atoms. The lowest BCUT2D eigenvalue weighted by Crippen LogP contribution is -1.98. The Morgan fingerprint density at radius 1 is 1.12 bits per heavy atom. The van der Waals surface area contributed by atoms with Crippen LogP contribution in [0.2, 0.25) is 0 Å². The summed E-state index contributed by atoms with van der Waals surface area (Å²) in [6.07, 6.45) is 6.61. The SMILES string of the molecule is CCOc1cc(O)cc(/C=C/c2ccc(N)c(O)c2)c1CC=C(C)C. The smallest absolute Gasteiger partial charge is 0.139 e. The third-order valence-electron chi connectivity index (χ3n) is 3.75. The van der Waals surface area contributed by atoms with Gasteiger partial charge in [0.2, 0.25) is 0 Å². The molecule has 132 valence electrons. The van der Waals surface area contributed by atoms with Crippen molar-refractivity contribution in [2.24, 2.45) is 0 Å². The van der Waals surface area contributed by atoms with Gasteiger partial charge in [0.15, 0.2) is 0 Å². The van der Waals surface area contributed by atoms with Crippen LogP contribution in [0.25, 0.3) is 12.2 Å². The number of anilines is 1. The second kappa shape index (κ2) is 8.29. The lowest BCUT2D eigenvalue weighted by molar-refractivity contribution is 0.334. The molecule has 0 atom stereocenters. The summed E-state index contributed by atoms with van der Waals surface area (Å²) in [6.45, 7) is 6.54. The van der Waals surface area contributed by atoms with Crippen molar-refractivity contribution in [3.63, 3.8) is 0 Å². The Hall–Kier alpha value is -2.88. The summed E-state index contributed by atoms with van der Waals surface area (Å²) in [7, 11) is 0. The number of rotatable bonds is 6. The normalized spacial score (nSPS) is 10.8. The van der Waals surface area contributed by atoms with E-state index in [1.54, 1.807) is 24.3 Å². The van der Waals surface area contributed by atoms with E-state index in [9.17, 15) is 10.2 Å². The number of ether oxygens (including phenoxy) is 1. The van der Waals surface area contributed by atoms with Gasteiger partial charge >= 0.3 is 0 Å². The zero-order valence-corrected chi connectivity index (χ0v) is 14.9. The van der Waals surface area contributed by atoms with Crippen LogP contribution in [0.5, 0.6) is 17.2 Å². The van der Waals surface area contributed by atoms with Gasteiger partial charge in [-0.15, -0.1) is 0 Å². The van der Waals surface area contributed by atoms with Crippen LogP contribution >= 0.6 is 0 Å². The van der Waals surface area contributed by atoms with Gasteiger partial charge in [-0.1, -0.05) is 29.9 Å². The molecule has 2 aromatic rings. The highest BCUT2D eigenvalue weighted by Gasteiger charge is 2.10. The van der Waals surface area contributed by atoms with Crippen LogP contribution < -0.4 is 10.5 Å². The number of benzene rings is 2. The fourth-order valence-electron chi connectivity index (χ4n) is 2.46. The van der Waals surface area contributed by atoms with Gasteiger partial charge in [0.25, 0.3) is 0 Å². The zero-order chi connectivity index (χ0) is 18.4. The van der Waals surface area contributed by atoms with E-state index in [1.807, 2.05) is 39.0 Å². The van der Waals surface area contributed by atoms with E-state index in [0.717, 1.165) is 16.7 Å². The minimum Gasteiger partial charge on any atom is -0.508 e. The van der Waals surface area contributed by atoms with E-state index in [2.05, 4.69) is 6.08 Å². The molecule has 0 aliphatic heterocycles. The van der Waals surface area contributed by atoms with Gasteiger partial charge in [0.1, 0.15) is 17.2 Å². The number of phenolic OH excluding ortho intramolecular Hbond substituents is 2. The van der Waals surface area contributed by atoms with Crippen LogP contribution in [0, 0.1) is 0 Å². The minimum absolute atomic E-state index is 0.0535. The Morgan fingerprint density at radius 2 is 1.88 bits per heavy atom. The molecular formula is C21H25NO3. The lowest BCUT2D eigenvalue weighted by Gasteiger charge is -2.13. The Labute approximate surface area is 148 Å². The first kappa shape index (κ1) is 18.5. The number of nitrogens with two attached hydrogens (primary N) is 1. The van der Waals surface area contributed by atoms with Gasteiger partial charge in [-0.25, -0.2) is 0 Å². The number of allylic oxidation sites excluding steroid dienone is 2. The first-order chi connectivity index (χ1) is 11.9. The Bertz CT molecular complexity index is 803. The predicted octanol–water partition coefficient (Wildman–Crippen LogP) is 4.76. The maximum absolute atomic E-state index is 10.0. The summed E-state index contributed by atoms with van der Waals surface area (Å²) < 4.78 is 5.70. The van der Waals surface area contributed by atoms with E-state index >= 15 is 0 Å². The summed E-state index contributed by atoms with van der Waals surface area (Å²) >= 11 is 0. The summed E-state index contributed by atoms with van der Waals surface area (Å²) in [5, 5.41) is 19.7. The van der Waals surface area contributed by atoms with Gasteiger partial charge in [-0.3, -0.25) is 0 Å².